The lowest BCUT2D eigenvalue weighted by molar-refractivity contribution is 0.564. The summed E-state index contributed by atoms with van der Waals surface area (Å²) >= 11 is 1.78. The van der Waals surface area contributed by atoms with Gasteiger partial charge < -0.3 is 5.73 Å². The molecule has 0 saturated carbocycles. The summed E-state index contributed by atoms with van der Waals surface area (Å²) in [6.45, 7) is 3.12. The Morgan fingerprint density at radius 1 is 1.56 bits per heavy atom. The van der Waals surface area contributed by atoms with Crippen LogP contribution in [0.15, 0.2) is 12.4 Å². The first-order valence-electron chi connectivity index (χ1n) is 6.56. The smallest absolute Gasteiger partial charge is 0.127 e. The Morgan fingerprint density at radius 2 is 2.44 bits per heavy atom. The third-order valence-electron chi connectivity index (χ3n) is 3.33. The molecular formula is C13H18N4S. The zero-order valence-electron chi connectivity index (χ0n) is 10.6. The number of hydrogen-bond acceptors (Lipinski definition) is 4. The van der Waals surface area contributed by atoms with Crippen molar-refractivity contribution >= 4 is 11.3 Å². The SMILES string of the molecule is CCCn1cc(-c2nc3c(s2)CCCC3N)cn1. The number of nitrogens with two attached hydrogens (primary N) is 1. The highest BCUT2D eigenvalue weighted by Gasteiger charge is 2.22. The van der Waals surface area contributed by atoms with Crippen LogP contribution in [0.3, 0.4) is 0 Å². The molecule has 2 aromatic heterocycles. The van der Waals surface area contributed by atoms with Gasteiger partial charge >= 0.3 is 0 Å². The van der Waals surface area contributed by atoms with Gasteiger partial charge in [0.2, 0.25) is 0 Å². The number of hydrogen-bond donors (Lipinski definition) is 1. The molecule has 1 aliphatic rings. The van der Waals surface area contributed by atoms with Crippen LogP contribution in [-0.4, -0.2) is 14.8 Å². The molecule has 0 aromatic carbocycles. The second kappa shape index (κ2) is 4.82. The summed E-state index contributed by atoms with van der Waals surface area (Å²) in [4.78, 5) is 6.08. The van der Waals surface area contributed by atoms with Gasteiger partial charge in [-0.25, -0.2) is 4.98 Å². The van der Waals surface area contributed by atoms with Crippen molar-refractivity contribution in [1.29, 1.82) is 0 Å². The lowest BCUT2D eigenvalue weighted by Crippen LogP contribution is -2.16. The van der Waals surface area contributed by atoms with E-state index < -0.39 is 0 Å². The largest absolute Gasteiger partial charge is 0.323 e. The molecule has 2 N–H and O–H groups in total. The first-order chi connectivity index (χ1) is 8.78. The molecule has 1 aliphatic carbocycles. The third-order valence-corrected chi connectivity index (χ3v) is 4.51. The molecular weight excluding hydrogens is 244 g/mol. The summed E-state index contributed by atoms with van der Waals surface area (Å²) in [5, 5.41) is 5.43. The third kappa shape index (κ3) is 2.08. The minimum atomic E-state index is 0.129. The summed E-state index contributed by atoms with van der Waals surface area (Å²) < 4.78 is 1.98. The Morgan fingerprint density at radius 3 is 3.22 bits per heavy atom. The highest BCUT2D eigenvalue weighted by Crippen LogP contribution is 2.35. The molecule has 0 spiro atoms. The van der Waals surface area contributed by atoms with E-state index in [-0.39, 0.29) is 6.04 Å². The Hall–Kier alpha value is -1.20. The number of nitrogens with zero attached hydrogens (tertiary/aromatic N) is 3. The molecule has 4 nitrogen and oxygen atoms in total. The number of aryl methyl sites for hydroxylation is 2. The van der Waals surface area contributed by atoms with Gasteiger partial charge in [0.1, 0.15) is 5.01 Å². The van der Waals surface area contributed by atoms with E-state index in [9.17, 15) is 0 Å². The Bertz CT molecular complexity index is 543. The van der Waals surface area contributed by atoms with E-state index in [1.54, 1.807) is 11.3 Å². The topological polar surface area (TPSA) is 56.7 Å². The van der Waals surface area contributed by atoms with Gasteiger partial charge in [0.15, 0.2) is 0 Å². The van der Waals surface area contributed by atoms with Gasteiger partial charge in [-0.1, -0.05) is 6.92 Å². The van der Waals surface area contributed by atoms with Crippen LogP contribution in [0.25, 0.3) is 10.6 Å². The van der Waals surface area contributed by atoms with Gasteiger partial charge in [-0.3, -0.25) is 4.68 Å². The molecule has 1 unspecified atom stereocenters. The van der Waals surface area contributed by atoms with Crippen LogP contribution in [0.5, 0.6) is 0 Å². The maximum atomic E-state index is 6.11. The predicted molar refractivity (Wildman–Crippen MR) is 73.5 cm³/mol. The summed E-state index contributed by atoms with van der Waals surface area (Å²) in [7, 11) is 0. The second-order valence-electron chi connectivity index (χ2n) is 4.82. The van der Waals surface area contributed by atoms with Gasteiger partial charge in [-0.05, 0) is 25.7 Å². The summed E-state index contributed by atoms with van der Waals surface area (Å²) in [6, 6.07) is 0.129. The monoisotopic (exact) mass is 262 g/mol. The molecule has 0 bridgehead atoms. The Balaban J connectivity index is 1.91. The van der Waals surface area contributed by atoms with Crippen molar-refractivity contribution in [3.05, 3.63) is 23.0 Å². The van der Waals surface area contributed by atoms with Crippen LogP contribution in [0, 0.1) is 0 Å². The van der Waals surface area contributed by atoms with Crippen LogP contribution < -0.4 is 5.73 Å². The molecule has 2 heterocycles. The zero-order valence-corrected chi connectivity index (χ0v) is 11.4. The fraction of sp³-hybridized carbons (Fsp3) is 0.538. The highest BCUT2D eigenvalue weighted by molar-refractivity contribution is 7.15. The van der Waals surface area contributed by atoms with E-state index in [2.05, 4.69) is 18.2 Å². The number of rotatable bonds is 3. The van der Waals surface area contributed by atoms with Crippen LogP contribution in [0.1, 0.15) is 42.8 Å². The summed E-state index contributed by atoms with van der Waals surface area (Å²) in [5.41, 5.74) is 8.35. The zero-order chi connectivity index (χ0) is 12.5. The molecule has 18 heavy (non-hydrogen) atoms. The average Bonchev–Trinajstić information content (AvgIpc) is 2.96. The highest BCUT2D eigenvalue weighted by atomic mass is 32.1. The molecule has 0 aliphatic heterocycles. The molecule has 5 heteroatoms. The van der Waals surface area contributed by atoms with Gasteiger partial charge in [-0.2, -0.15) is 5.10 Å². The quantitative estimate of drug-likeness (QED) is 0.925. The van der Waals surface area contributed by atoms with E-state index in [0.29, 0.717) is 0 Å². The molecule has 2 aromatic rings. The van der Waals surface area contributed by atoms with E-state index >= 15 is 0 Å². The molecule has 0 fully saturated rings. The van der Waals surface area contributed by atoms with E-state index in [1.807, 2.05) is 10.9 Å². The van der Waals surface area contributed by atoms with Crippen LogP contribution in [0.4, 0.5) is 0 Å². The lowest BCUT2D eigenvalue weighted by Gasteiger charge is -2.15. The summed E-state index contributed by atoms with van der Waals surface area (Å²) in [5.74, 6) is 0. The lowest BCUT2D eigenvalue weighted by atomic mass is 9.99. The molecule has 0 radical (unpaired) electrons. The normalized spacial score (nSPS) is 18.9. The van der Waals surface area contributed by atoms with Crippen molar-refractivity contribution in [3.8, 4) is 10.6 Å². The maximum Gasteiger partial charge on any atom is 0.127 e. The Labute approximate surface area is 111 Å². The van der Waals surface area contributed by atoms with Crippen LogP contribution in [-0.2, 0) is 13.0 Å². The average molecular weight is 262 g/mol. The van der Waals surface area contributed by atoms with Crippen molar-refractivity contribution < 1.29 is 0 Å². The van der Waals surface area contributed by atoms with Crippen molar-refractivity contribution in [1.82, 2.24) is 14.8 Å². The second-order valence-corrected chi connectivity index (χ2v) is 5.90. The van der Waals surface area contributed by atoms with Crippen molar-refractivity contribution in [2.75, 3.05) is 0 Å². The molecule has 0 saturated heterocycles. The molecule has 96 valence electrons. The van der Waals surface area contributed by atoms with Gasteiger partial charge in [0, 0.05) is 29.2 Å². The van der Waals surface area contributed by atoms with Crippen LogP contribution >= 0.6 is 11.3 Å². The van der Waals surface area contributed by atoms with E-state index in [0.717, 1.165) is 42.1 Å². The van der Waals surface area contributed by atoms with Crippen molar-refractivity contribution in [3.63, 3.8) is 0 Å². The Kier molecular flexibility index (Phi) is 3.18. The van der Waals surface area contributed by atoms with E-state index in [4.69, 9.17) is 10.7 Å². The number of aromatic nitrogens is 3. The van der Waals surface area contributed by atoms with Gasteiger partial charge in [-0.15, -0.1) is 11.3 Å². The molecule has 3 rings (SSSR count). The van der Waals surface area contributed by atoms with Gasteiger partial charge in [0.05, 0.1) is 11.9 Å². The minimum absolute atomic E-state index is 0.129. The maximum absolute atomic E-state index is 6.11. The first-order valence-corrected chi connectivity index (χ1v) is 7.37. The number of fused-ring (bicyclic) bond motifs is 1. The fourth-order valence-corrected chi connectivity index (χ4v) is 3.55. The van der Waals surface area contributed by atoms with Crippen molar-refractivity contribution in [2.24, 2.45) is 5.73 Å². The number of thiazole rings is 1. The summed E-state index contributed by atoms with van der Waals surface area (Å²) in [6.07, 6.45) is 8.46. The minimum Gasteiger partial charge on any atom is -0.323 e. The van der Waals surface area contributed by atoms with Gasteiger partial charge in [0.25, 0.3) is 0 Å². The van der Waals surface area contributed by atoms with Crippen molar-refractivity contribution in [2.45, 2.75) is 45.2 Å². The fourth-order valence-electron chi connectivity index (χ4n) is 2.40. The standard InChI is InChI=1S/C13H18N4S/c1-2-6-17-8-9(7-15-17)13-16-12-10(14)4-3-5-11(12)18-13/h7-8,10H,2-6,14H2,1H3. The molecule has 1 atom stereocenters. The predicted octanol–water partition coefficient (Wildman–Crippen LogP) is 2.75. The van der Waals surface area contributed by atoms with Crippen LogP contribution in [0.2, 0.25) is 0 Å². The van der Waals surface area contributed by atoms with E-state index in [1.165, 1.54) is 11.3 Å². The molecule has 0 amide bonds. The first kappa shape index (κ1) is 11.9.